The first kappa shape index (κ1) is 22.1. The fourth-order valence-corrected chi connectivity index (χ4v) is 6.86. The lowest BCUT2D eigenvalue weighted by Gasteiger charge is -2.52. The molecule has 1 aromatic rings. The molecule has 2 aliphatic heterocycles. The van der Waals surface area contributed by atoms with Crippen LogP contribution in [0.2, 0.25) is 0 Å². The normalized spacial score (nSPS) is 39.1. The number of piperidine rings is 1. The summed E-state index contributed by atoms with van der Waals surface area (Å²) in [4.78, 5) is 15.2. The molecule has 1 saturated carbocycles. The van der Waals surface area contributed by atoms with Crippen LogP contribution in [0.5, 0.6) is 0 Å². The van der Waals surface area contributed by atoms with Crippen molar-refractivity contribution in [1.82, 2.24) is 4.90 Å². The minimum Gasteiger partial charge on any atom is -0.461 e. The zero-order chi connectivity index (χ0) is 22.5. The van der Waals surface area contributed by atoms with Crippen LogP contribution in [0.4, 0.5) is 0 Å². The Kier molecular flexibility index (Phi) is 5.71. The Hall–Kier alpha value is -1.69. The van der Waals surface area contributed by atoms with Gasteiger partial charge in [0.25, 0.3) is 0 Å². The number of esters is 1. The van der Waals surface area contributed by atoms with Gasteiger partial charge in [-0.1, -0.05) is 55.8 Å². The van der Waals surface area contributed by atoms with Gasteiger partial charge in [-0.05, 0) is 37.2 Å². The number of nitrogens with zero attached hydrogens (tertiary/aromatic N) is 1. The average molecular weight is 440 g/mol. The van der Waals surface area contributed by atoms with Crippen molar-refractivity contribution < 1.29 is 19.7 Å². The summed E-state index contributed by atoms with van der Waals surface area (Å²) in [5, 5.41) is 22.7. The van der Waals surface area contributed by atoms with Crippen LogP contribution in [0.15, 0.2) is 42.0 Å². The monoisotopic (exact) mass is 439 g/mol. The van der Waals surface area contributed by atoms with Crippen LogP contribution in [0.1, 0.15) is 51.5 Å². The first-order chi connectivity index (χ1) is 15.3. The molecule has 5 heteroatoms. The molecule has 4 aliphatic rings. The summed E-state index contributed by atoms with van der Waals surface area (Å²) in [5.74, 6) is -0.185. The van der Waals surface area contributed by atoms with E-state index in [1.165, 1.54) is 5.57 Å². The van der Waals surface area contributed by atoms with Crippen LogP contribution in [0, 0.1) is 23.2 Å². The van der Waals surface area contributed by atoms with Crippen LogP contribution < -0.4 is 0 Å². The molecule has 2 N–H and O–H groups in total. The lowest BCUT2D eigenvalue weighted by atomic mass is 9.55. The molecule has 5 nitrogen and oxygen atoms in total. The van der Waals surface area contributed by atoms with Gasteiger partial charge in [0.1, 0.15) is 6.10 Å². The van der Waals surface area contributed by atoms with Gasteiger partial charge in [0.15, 0.2) is 0 Å². The molecule has 2 saturated heterocycles. The highest BCUT2D eigenvalue weighted by Crippen LogP contribution is 2.56. The molecule has 0 unspecified atom stereocenters. The Morgan fingerprint density at radius 1 is 1.19 bits per heavy atom. The van der Waals surface area contributed by atoms with Gasteiger partial charge in [0, 0.05) is 43.8 Å². The third-order valence-electron chi connectivity index (χ3n) is 9.19. The van der Waals surface area contributed by atoms with E-state index in [2.05, 4.69) is 37.0 Å². The topological polar surface area (TPSA) is 70.0 Å². The fraction of sp³-hybridized carbons (Fsp3) is 0.667. The second-order valence-corrected chi connectivity index (χ2v) is 11.0. The molecule has 2 heterocycles. The smallest absolute Gasteiger partial charge is 0.311 e. The summed E-state index contributed by atoms with van der Waals surface area (Å²) in [6, 6.07) is 10.2. The number of hydrogen-bond donors (Lipinski definition) is 2. The number of benzene rings is 1. The Morgan fingerprint density at radius 2 is 1.91 bits per heavy atom. The van der Waals surface area contributed by atoms with E-state index >= 15 is 0 Å². The number of allylic oxidation sites excluding steroid dienone is 1. The Labute approximate surface area is 191 Å². The van der Waals surface area contributed by atoms with Gasteiger partial charge < -0.3 is 19.8 Å². The van der Waals surface area contributed by atoms with Crippen molar-refractivity contribution in [2.75, 3.05) is 19.6 Å². The molecule has 0 aromatic heterocycles. The van der Waals surface area contributed by atoms with E-state index in [0.29, 0.717) is 31.7 Å². The highest BCUT2D eigenvalue weighted by Gasteiger charge is 2.59. The van der Waals surface area contributed by atoms with Gasteiger partial charge in [0.05, 0.1) is 17.6 Å². The molecular formula is C27H37NO4. The van der Waals surface area contributed by atoms with Crippen molar-refractivity contribution in [1.29, 1.82) is 0 Å². The van der Waals surface area contributed by atoms with Crippen molar-refractivity contribution in [3.05, 3.63) is 47.5 Å². The van der Waals surface area contributed by atoms with E-state index in [1.54, 1.807) is 0 Å². The van der Waals surface area contributed by atoms with E-state index in [0.717, 1.165) is 37.9 Å². The van der Waals surface area contributed by atoms with Crippen LogP contribution in [0.3, 0.4) is 0 Å². The largest absolute Gasteiger partial charge is 0.461 e. The fourth-order valence-electron chi connectivity index (χ4n) is 6.86. The number of ether oxygens (including phenoxy) is 1. The molecule has 0 spiro atoms. The molecule has 0 radical (unpaired) electrons. The molecular weight excluding hydrogens is 402 g/mol. The molecule has 0 bridgehead atoms. The second kappa shape index (κ2) is 8.27. The molecule has 2 aliphatic carbocycles. The van der Waals surface area contributed by atoms with Gasteiger partial charge >= 0.3 is 5.97 Å². The Bertz CT molecular complexity index is 875. The van der Waals surface area contributed by atoms with Crippen molar-refractivity contribution >= 4 is 5.97 Å². The zero-order valence-corrected chi connectivity index (χ0v) is 19.4. The molecule has 6 atom stereocenters. The van der Waals surface area contributed by atoms with Crippen molar-refractivity contribution in [2.45, 2.75) is 70.2 Å². The van der Waals surface area contributed by atoms with Crippen LogP contribution in [0.25, 0.3) is 0 Å². The maximum Gasteiger partial charge on any atom is 0.311 e. The zero-order valence-electron chi connectivity index (χ0n) is 19.4. The average Bonchev–Trinajstić information content (AvgIpc) is 3.08. The van der Waals surface area contributed by atoms with Crippen molar-refractivity contribution in [3.63, 3.8) is 0 Å². The summed E-state index contributed by atoms with van der Waals surface area (Å²) >= 11 is 0. The van der Waals surface area contributed by atoms with Gasteiger partial charge in [-0.2, -0.15) is 0 Å². The number of hydrogen-bond acceptors (Lipinski definition) is 5. The number of aliphatic hydroxyl groups excluding tert-OH is 1. The first-order valence-corrected chi connectivity index (χ1v) is 12.4. The number of rotatable bonds is 4. The quantitative estimate of drug-likeness (QED) is 0.556. The standard InChI is InChI=1S/C27H37NO4/c1-18-7-6-10-20-15-22-23(24(29)26(18,20)2)21(25(30)32-22)17-28-13-11-27(31,12-14-28)16-19-8-4-3-5-9-19/h3-5,8-10,18,21-24,29,31H,6-7,11-17H2,1-2H3/t18-,21+,22+,23+,24-,26+/m0/s1. The van der Waals surface area contributed by atoms with Gasteiger partial charge in [-0.25, -0.2) is 0 Å². The van der Waals surface area contributed by atoms with Gasteiger partial charge in [0.2, 0.25) is 0 Å². The van der Waals surface area contributed by atoms with E-state index in [4.69, 9.17) is 4.74 Å². The van der Waals surface area contributed by atoms with E-state index in [-0.39, 0.29) is 29.3 Å². The molecule has 5 rings (SSSR count). The van der Waals surface area contributed by atoms with Crippen molar-refractivity contribution in [3.8, 4) is 0 Å². The predicted molar refractivity (Wildman–Crippen MR) is 123 cm³/mol. The molecule has 32 heavy (non-hydrogen) atoms. The van der Waals surface area contributed by atoms with E-state index in [9.17, 15) is 15.0 Å². The van der Waals surface area contributed by atoms with Gasteiger partial charge in [-0.3, -0.25) is 4.79 Å². The van der Waals surface area contributed by atoms with Crippen molar-refractivity contribution in [2.24, 2.45) is 23.2 Å². The number of likely N-dealkylation sites (tertiary alicyclic amines) is 1. The maximum absolute atomic E-state index is 12.9. The van der Waals surface area contributed by atoms with Crippen LogP contribution in [-0.4, -0.2) is 58.5 Å². The van der Waals surface area contributed by atoms with Gasteiger partial charge in [-0.15, -0.1) is 0 Å². The molecule has 3 fully saturated rings. The summed E-state index contributed by atoms with van der Waals surface area (Å²) in [6.45, 7) is 6.57. The summed E-state index contributed by atoms with van der Waals surface area (Å²) < 4.78 is 5.82. The Balaban J connectivity index is 1.26. The third kappa shape index (κ3) is 3.72. The molecule has 1 aromatic carbocycles. The number of carbonyl (C=O) groups is 1. The highest BCUT2D eigenvalue weighted by molar-refractivity contribution is 5.76. The SMILES string of the molecule is C[C@H]1CCC=C2C[C@H]3OC(=O)[C@H](CN4CCC(O)(Cc5ccccc5)CC4)[C@H]3[C@H](O)[C@@]21C. The lowest BCUT2D eigenvalue weighted by molar-refractivity contribution is -0.145. The minimum atomic E-state index is -0.689. The van der Waals surface area contributed by atoms with E-state index < -0.39 is 11.7 Å². The minimum absolute atomic E-state index is 0.143. The number of fused-ring (bicyclic) bond motifs is 2. The molecule has 0 amide bonds. The van der Waals surface area contributed by atoms with Crippen LogP contribution >= 0.6 is 0 Å². The molecule has 174 valence electrons. The summed E-state index contributed by atoms with van der Waals surface area (Å²) in [7, 11) is 0. The summed E-state index contributed by atoms with van der Waals surface area (Å²) in [6.07, 6.45) is 6.48. The lowest BCUT2D eigenvalue weighted by Crippen LogP contribution is -2.55. The maximum atomic E-state index is 12.9. The highest BCUT2D eigenvalue weighted by atomic mass is 16.6. The summed E-state index contributed by atoms with van der Waals surface area (Å²) in [5.41, 5.74) is 1.49. The Morgan fingerprint density at radius 3 is 2.62 bits per heavy atom. The number of carbonyl (C=O) groups excluding carboxylic acids is 1. The van der Waals surface area contributed by atoms with Crippen LogP contribution in [-0.2, 0) is 16.0 Å². The first-order valence-electron chi connectivity index (χ1n) is 12.4. The third-order valence-corrected chi connectivity index (χ3v) is 9.19. The predicted octanol–water partition coefficient (Wildman–Crippen LogP) is 3.34. The van der Waals surface area contributed by atoms with E-state index in [1.807, 2.05) is 18.2 Å². The second-order valence-electron chi connectivity index (χ2n) is 11.0. The number of aliphatic hydroxyl groups is 2.